The fraction of sp³-hybridized carbons (Fsp3) is 0.667. The van der Waals surface area contributed by atoms with Gasteiger partial charge in [-0.1, -0.05) is 12.1 Å². The summed E-state index contributed by atoms with van der Waals surface area (Å²) in [6, 6.07) is 5.23. The monoisotopic (exact) mass is 489 g/mol. The van der Waals surface area contributed by atoms with Crippen LogP contribution in [0.2, 0.25) is 0 Å². The fourth-order valence-electron chi connectivity index (χ4n) is 3.75. The van der Waals surface area contributed by atoms with Crippen LogP contribution in [0.4, 0.5) is 0 Å². The number of aliphatic hydroxyl groups excluding tert-OH is 7. The van der Waals surface area contributed by atoms with Crippen molar-refractivity contribution in [1.82, 2.24) is 5.32 Å². The topological polar surface area (TPSA) is 208 Å². The van der Waals surface area contributed by atoms with Crippen LogP contribution in [0.1, 0.15) is 12.5 Å². The van der Waals surface area contributed by atoms with Crippen LogP contribution < -0.4 is 10.1 Å². The molecule has 1 aromatic rings. The highest BCUT2D eigenvalue weighted by molar-refractivity contribution is 5.73. The van der Waals surface area contributed by atoms with Crippen LogP contribution in [0.3, 0.4) is 0 Å². The Bertz CT molecular complexity index is 792. The summed E-state index contributed by atoms with van der Waals surface area (Å²) in [7, 11) is 0. The maximum Gasteiger partial charge on any atom is 0.223 e. The van der Waals surface area contributed by atoms with Gasteiger partial charge in [-0.15, -0.1) is 0 Å². The van der Waals surface area contributed by atoms with E-state index in [2.05, 4.69) is 5.32 Å². The predicted molar refractivity (Wildman–Crippen MR) is 111 cm³/mol. The second-order valence-electron chi connectivity index (χ2n) is 8.20. The summed E-state index contributed by atoms with van der Waals surface area (Å²) < 4.78 is 22.0. The number of ether oxygens (including phenoxy) is 4. The number of amides is 1. The van der Waals surface area contributed by atoms with Crippen molar-refractivity contribution in [3.63, 3.8) is 0 Å². The highest BCUT2D eigenvalue weighted by atomic mass is 16.7. The van der Waals surface area contributed by atoms with Crippen molar-refractivity contribution in [3.8, 4) is 5.75 Å². The Labute approximate surface area is 195 Å². The van der Waals surface area contributed by atoms with E-state index >= 15 is 0 Å². The van der Waals surface area contributed by atoms with Crippen molar-refractivity contribution >= 4 is 5.91 Å². The average molecular weight is 489 g/mol. The molecule has 2 heterocycles. The molecule has 10 atom stereocenters. The maximum absolute atomic E-state index is 11.5. The van der Waals surface area contributed by atoms with Gasteiger partial charge >= 0.3 is 0 Å². The first-order chi connectivity index (χ1) is 16.2. The van der Waals surface area contributed by atoms with Gasteiger partial charge in [-0.05, 0) is 17.7 Å². The van der Waals surface area contributed by atoms with Crippen molar-refractivity contribution in [2.24, 2.45) is 0 Å². The lowest BCUT2D eigenvalue weighted by molar-refractivity contribution is -0.304. The van der Waals surface area contributed by atoms with Gasteiger partial charge in [-0.25, -0.2) is 0 Å². The van der Waals surface area contributed by atoms with Crippen molar-refractivity contribution in [3.05, 3.63) is 29.8 Å². The molecule has 2 fully saturated rings. The number of hydrogen-bond acceptors (Lipinski definition) is 12. The molecule has 1 aromatic carbocycles. The molecule has 0 radical (unpaired) electrons. The Kier molecular flexibility index (Phi) is 9.17. The Morgan fingerprint density at radius 2 is 1.41 bits per heavy atom. The Hall–Kier alpha value is -1.91. The molecule has 0 bridgehead atoms. The molecule has 0 spiro atoms. The van der Waals surface area contributed by atoms with E-state index < -0.39 is 80.5 Å². The van der Waals surface area contributed by atoms with Gasteiger partial charge < -0.3 is 60.0 Å². The Balaban J connectivity index is 1.61. The van der Waals surface area contributed by atoms with Gasteiger partial charge in [0, 0.05) is 6.92 Å². The van der Waals surface area contributed by atoms with Gasteiger partial charge in [-0.2, -0.15) is 0 Å². The molecule has 0 aromatic heterocycles. The second-order valence-corrected chi connectivity index (χ2v) is 8.20. The predicted octanol–water partition coefficient (Wildman–Crippen LogP) is -3.67. The van der Waals surface area contributed by atoms with Gasteiger partial charge in [-0.3, -0.25) is 4.79 Å². The number of benzene rings is 1. The third-order valence-electron chi connectivity index (χ3n) is 5.69. The van der Waals surface area contributed by atoms with Crippen molar-refractivity contribution in [2.75, 3.05) is 13.2 Å². The summed E-state index contributed by atoms with van der Waals surface area (Å²) in [5.74, 6) is -0.186. The minimum atomic E-state index is -1.55. The van der Waals surface area contributed by atoms with Crippen LogP contribution in [-0.2, 0) is 25.6 Å². The highest BCUT2D eigenvalue weighted by Crippen LogP contribution is 2.26. The quantitative estimate of drug-likeness (QED) is 0.178. The van der Waals surface area contributed by atoms with Gasteiger partial charge in [0.2, 0.25) is 12.2 Å². The first-order valence-corrected chi connectivity index (χ1v) is 10.7. The third kappa shape index (κ3) is 6.01. The zero-order chi connectivity index (χ0) is 25.0. The summed E-state index contributed by atoms with van der Waals surface area (Å²) in [5.41, 5.74) is 0.621. The van der Waals surface area contributed by atoms with Gasteiger partial charge in [0.15, 0.2) is 6.29 Å². The van der Waals surface area contributed by atoms with E-state index in [1.807, 2.05) is 0 Å². The number of rotatable bonds is 8. The van der Waals surface area contributed by atoms with Crippen molar-refractivity contribution < 1.29 is 59.5 Å². The first-order valence-electron chi connectivity index (χ1n) is 10.7. The third-order valence-corrected chi connectivity index (χ3v) is 5.69. The zero-order valence-electron chi connectivity index (χ0n) is 18.4. The summed E-state index contributed by atoms with van der Waals surface area (Å²) in [6.07, 6.45) is -12.1. The SMILES string of the molecule is CC(=O)NC1[C@H](Oc2ccc(CO[C@@H]3OC(CO)[C@@H](O)[C@H](O)C3O)cc2)OC(CO)[C@@H](O)[C@@H]1O. The van der Waals surface area contributed by atoms with Crippen molar-refractivity contribution in [2.45, 2.75) is 74.9 Å². The summed E-state index contributed by atoms with van der Waals surface area (Å²) in [6.45, 7) is 0.0506. The molecule has 4 unspecified atom stereocenters. The molecule has 192 valence electrons. The molecule has 13 heteroatoms. The van der Waals surface area contributed by atoms with Crippen LogP contribution in [-0.4, -0.2) is 116 Å². The fourth-order valence-corrected chi connectivity index (χ4v) is 3.75. The molecule has 34 heavy (non-hydrogen) atoms. The Morgan fingerprint density at radius 1 is 0.853 bits per heavy atom. The average Bonchev–Trinajstić information content (AvgIpc) is 2.82. The van der Waals surface area contributed by atoms with Gasteiger partial charge in [0.25, 0.3) is 0 Å². The lowest BCUT2D eigenvalue weighted by Crippen LogP contribution is -2.65. The molecule has 3 rings (SSSR count). The molecule has 1 amide bonds. The molecule has 2 saturated heterocycles. The van der Waals surface area contributed by atoms with Gasteiger partial charge in [0.1, 0.15) is 54.5 Å². The largest absolute Gasteiger partial charge is 0.463 e. The van der Waals surface area contributed by atoms with E-state index in [0.717, 1.165) is 0 Å². The molecular formula is C21H31NO12. The summed E-state index contributed by atoms with van der Waals surface area (Å²) >= 11 is 0. The smallest absolute Gasteiger partial charge is 0.223 e. The van der Waals surface area contributed by atoms with Crippen LogP contribution in [0.25, 0.3) is 0 Å². The number of hydrogen-bond donors (Lipinski definition) is 8. The lowest BCUT2D eigenvalue weighted by atomic mass is 9.97. The van der Waals surface area contributed by atoms with Crippen molar-refractivity contribution in [1.29, 1.82) is 0 Å². The van der Waals surface area contributed by atoms with E-state index in [9.17, 15) is 40.5 Å². The van der Waals surface area contributed by atoms with Crippen LogP contribution in [0.5, 0.6) is 5.75 Å². The van der Waals surface area contributed by atoms with E-state index in [4.69, 9.17) is 18.9 Å². The highest BCUT2D eigenvalue weighted by Gasteiger charge is 2.46. The minimum Gasteiger partial charge on any atom is -0.463 e. The number of carbonyl (C=O) groups excluding carboxylic acids is 1. The molecule has 2 aliphatic heterocycles. The minimum absolute atomic E-state index is 0.0467. The number of carbonyl (C=O) groups is 1. The molecule has 2 aliphatic rings. The maximum atomic E-state index is 11.5. The van der Waals surface area contributed by atoms with E-state index in [1.54, 1.807) is 24.3 Å². The normalized spacial score (nSPS) is 38.4. The zero-order valence-corrected chi connectivity index (χ0v) is 18.4. The van der Waals surface area contributed by atoms with Crippen LogP contribution >= 0.6 is 0 Å². The van der Waals surface area contributed by atoms with E-state index in [1.165, 1.54) is 6.92 Å². The van der Waals surface area contributed by atoms with Crippen LogP contribution in [0.15, 0.2) is 24.3 Å². The number of nitrogens with one attached hydrogen (secondary N) is 1. The van der Waals surface area contributed by atoms with E-state index in [0.29, 0.717) is 5.56 Å². The second kappa shape index (κ2) is 11.7. The van der Waals surface area contributed by atoms with Crippen LogP contribution in [0, 0.1) is 0 Å². The molecule has 13 nitrogen and oxygen atoms in total. The standard InChI is InChI=1S/C21H31NO12/c1-9(25)22-14-17(28)15(26)12(6-23)33-20(14)32-11-4-2-10(3-5-11)8-31-21-19(30)18(29)16(27)13(7-24)34-21/h2-5,12-21,23-24,26-30H,6-8H2,1H3,(H,22,25)/t12?,13?,14?,15-,16-,17-,18+,19?,20-,21-/m1/s1. The molecule has 8 N–H and O–H groups in total. The Morgan fingerprint density at radius 3 is 1.97 bits per heavy atom. The molecule has 0 saturated carbocycles. The van der Waals surface area contributed by atoms with Gasteiger partial charge in [0.05, 0.1) is 19.8 Å². The summed E-state index contributed by atoms with van der Waals surface area (Å²) in [4.78, 5) is 11.5. The van der Waals surface area contributed by atoms with E-state index in [-0.39, 0.29) is 12.4 Å². The number of aliphatic hydroxyl groups is 7. The summed E-state index contributed by atoms with van der Waals surface area (Å²) in [5, 5.41) is 71.2. The lowest BCUT2D eigenvalue weighted by Gasteiger charge is -2.42. The molecule has 0 aliphatic carbocycles. The first kappa shape index (κ1) is 26.7. The molecular weight excluding hydrogens is 458 g/mol.